The average molecular weight is 297 g/mol. The first-order chi connectivity index (χ1) is 9.22. The molecule has 1 aromatic rings. The van der Waals surface area contributed by atoms with E-state index in [0.717, 1.165) is 10.9 Å². The molecule has 0 amide bonds. The van der Waals surface area contributed by atoms with Crippen LogP contribution >= 0.6 is 23.2 Å². The van der Waals surface area contributed by atoms with Crippen molar-refractivity contribution in [3.05, 3.63) is 33.8 Å². The molecule has 104 valence electrons. The van der Waals surface area contributed by atoms with Gasteiger partial charge in [-0.05, 0) is 54.7 Å². The molecule has 19 heavy (non-hydrogen) atoms. The quantitative estimate of drug-likeness (QED) is 0.593. The van der Waals surface area contributed by atoms with Crippen molar-refractivity contribution >= 4 is 23.2 Å². The molecule has 3 rings (SSSR count). The molecule has 2 fully saturated rings. The predicted octanol–water partition coefficient (Wildman–Crippen LogP) is 6.39. The van der Waals surface area contributed by atoms with Crippen molar-refractivity contribution in [1.29, 1.82) is 0 Å². The maximum atomic E-state index is 6.27. The van der Waals surface area contributed by atoms with E-state index in [-0.39, 0.29) is 0 Å². The standard InChI is InChI=1S/C17H22Cl2/c18-15-9-8-14(12-16(15)19)17(10-4-1-5-11-17)13-6-2-3-7-13/h8-9,12-13H,1-7,10-11H2. The third-order valence-corrected chi connectivity index (χ3v) is 6.12. The third kappa shape index (κ3) is 2.54. The fourth-order valence-electron chi connectivity index (χ4n) is 4.40. The molecule has 0 heterocycles. The van der Waals surface area contributed by atoms with Crippen LogP contribution in [0.25, 0.3) is 0 Å². The van der Waals surface area contributed by atoms with Crippen molar-refractivity contribution in [3.8, 4) is 0 Å². The molecular formula is C17H22Cl2. The minimum atomic E-state index is 0.392. The predicted molar refractivity (Wildman–Crippen MR) is 83.2 cm³/mol. The molecule has 0 atom stereocenters. The van der Waals surface area contributed by atoms with Crippen LogP contribution in [0.4, 0.5) is 0 Å². The number of hydrogen-bond acceptors (Lipinski definition) is 0. The molecule has 1 aromatic carbocycles. The van der Waals surface area contributed by atoms with E-state index in [9.17, 15) is 0 Å². The maximum Gasteiger partial charge on any atom is 0.0595 e. The second-order valence-corrected chi connectivity index (χ2v) is 7.14. The Kier molecular flexibility index (Phi) is 4.10. The van der Waals surface area contributed by atoms with Crippen LogP contribution < -0.4 is 0 Å². The van der Waals surface area contributed by atoms with Crippen LogP contribution in [0.15, 0.2) is 18.2 Å². The minimum absolute atomic E-state index is 0.392. The lowest BCUT2D eigenvalue weighted by Crippen LogP contribution is -2.36. The van der Waals surface area contributed by atoms with Gasteiger partial charge in [-0.15, -0.1) is 0 Å². The largest absolute Gasteiger partial charge is 0.0827 e. The normalized spacial score (nSPS) is 23.7. The van der Waals surface area contributed by atoms with Gasteiger partial charge in [0.1, 0.15) is 0 Å². The van der Waals surface area contributed by atoms with Crippen molar-refractivity contribution < 1.29 is 0 Å². The first kappa shape index (κ1) is 13.8. The van der Waals surface area contributed by atoms with E-state index in [4.69, 9.17) is 23.2 Å². The van der Waals surface area contributed by atoms with Crippen LogP contribution in [0.3, 0.4) is 0 Å². The highest BCUT2D eigenvalue weighted by Gasteiger charge is 2.42. The monoisotopic (exact) mass is 296 g/mol. The zero-order valence-corrected chi connectivity index (χ0v) is 12.9. The molecule has 2 heteroatoms. The summed E-state index contributed by atoms with van der Waals surface area (Å²) in [5, 5.41) is 1.41. The molecule has 0 N–H and O–H groups in total. The van der Waals surface area contributed by atoms with Gasteiger partial charge in [0, 0.05) is 0 Å². The molecule has 0 saturated heterocycles. The highest BCUT2D eigenvalue weighted by Crippen LogP contribution is 2.51. The summed E-state index contributed by atoms with van der Waals surface area (Å²) < 4.78 is 0. The highest BCUT2D eigenvalue weighted by molar-refractivity contribution is 6.42. The van der Waals surface area contributed by atoms with Crippen LogP contribution in [0, 0.1) is 5.92 Å². The summed E-state index contributed by atoms with van der Waals surface area (Å²) in [5.41, 5.74) is 1.84. The first-order valence-electron chi connectivity index (χ1n) is 7.68. The Hall–Kier alpha value is -0.200. The molecule has 2 aliphatic rings. The lowest BCUT2D eigenvalue weighted by molar-refractivity contribution is 0.192. The Labute approximate surface area is 126 Å². The average Bonchev–Trinajstić information content (AvgIpc) is 2.97. The zero-order chi connectivity index (χ0) is 13.3. The van der Waals surface area contributed by atoms with Crippen LogP contribution in [0.1, 0.15) is 63.4 Å². The smallest absolute Gasteiger partial charge is 0.0595 e. The van der Waals surface area contributed by atoms with E-state index in [1.54, 1.807) is 0 Å². The van der Waals surface area contributed by atoms with Gasteiger partial charge in [-0.2, -0.15) is 0 Å². The molecule has 0 aromatic heterocycles. The van der Waals surface area contributed by atoms with Crippen LogP contribution in [0.5, 0.6) is 0 Å². The van der Waals surface area contributed by atoms with Gasteiger partial charge in [-0.1, -0.05) is 61.4 Å². The van der Waals surface area contributed by atoms with Crippen LogP contribution in [-0.2, 0) is 5.41 Å². The first-order valence-corrected chi connectivity index (χ1v) is 8.43. The summed E-state index contributed by atoms with van der Waals surface area (Å²) in [7, 11) is 0. The molecule has 0 aliphatic heterocycles. The summed E-state index contributed by atoms with van der Waals surface area (Å²) in [4.78, 5) is 0. The highest BCUT2D eigenvalue weighted by atomic mass is 35.5. The summed E-state index contributed by atoms with van der Waals surface area (Å²) in [5.74, 6) is 0.866. The van der Waals surface area contributed by atoms with Gasteiger partial charge in [-0.25, -0.2) is 0 Å². The van der Waals surface area contributed by atoms with Gasteiger partial charge in [0.15, 0.2) is 0 Å². The maximum absolute atomic E-state index is 6.27. The molecule has 0 unspecified atom stereocenters. The van der Waals surface area contributed by atoms with Gasteiger partial charge in [-0.3, -0.25) is 0 Å². The second kappa shape index (κ2) is 5.66. The second-order valence-electron chi connectivity index (χ2n) is 6.33. The van der Waals surface area contributed by atoms with E-state index in [0.29, 0.717) is 10.4 Å². The number of hydrogen-bond donors (Lipinski definition) is 0. The summed E-state index contributed by atoms with van der Waals surface area (Å²) >= 11 is 12.4. The zero-order valence-electron chi connectivity index (χ0n) is 11.4. The molecule has 2 saturated carbocycles. The summed E-state index contributed by atoms with van der Waals surface area (Å²) in [6.45, 7) is 0. The fraction of sp³-hybridized carbons (Fsp3) is 0.647. The Bertz CT molecular complexity index is 441. The van der Waals surface area contributed by atoms with E-state index >= 15 is 0 Å². The fourth-order valence-corrected chi connectivity index (χ4v) is 4.70. The van der Waals surface area contributed by atoms with E-state index in [2.05, 4.69) is 12.1 Å². The van der Waals surface area contributed by atoms with Crippen molar-refractivity contribution in [2.24, 2.45) is 5.92 Å². The van der Waals surface area contributed by atoms with Gasteiger partial charge < -0.3 is 0 Å². The lowest BCUT2D eigenvalue weighted by atomic mass is 9.61. The van der Waals surface area contributed by atoms with E-state index < -0.39 is 0 Å². The van der Waals surface area contributed by atoms with Gasteiger partial charge in [0.2, 0.25) is 0 Å². The van der Waals surface area contributed by atoms with Crippen molar-refractivity contribution in [2.75, 3.05) is 0 Å². The molecule has 0 bridgehead atoms. The Morgan fingerprint density at radius 3 is 2.16 bits per heavy atom. The van der Waals surface area contributed by atoms with Crippen LogP contribution in [-0.4, -0.2) is 0 Å². The third-order valence-electron chi connectivity index (χ3n) is 5.38. The van der Waals surface area contributed by atoms with Gasteiger partial charge in [0.05, 0.1) is 10.0 Å². The molecular weight excluding hydrogens is 275 g/mol. The van der Waals surface area contributed by atoms with E-state index in [1.165, 1.54) is 63.4 Å². The number of halogens is 2. The Morgan fingerprint density at radius 1 is 0.842 bits per heavy atom. The minimum Gasteiger partial charge on any atom is -0.0827 e. The molecule has 2 aliphatic carbocycles. The SMILES string of the molecule is Clc1ccc(C2(C3CCCC3)CCCCC2)cc1Cl. The van der Waals surface area contributed by atoms with Gasteiger partial charge >= 0.3 is 0 Å². The van der Waals surface area contributed by atoms with Crippen molar-refractivity contribution in [3.63, 3.8) is 0 Å². The molecule has 0 nitrogen and oxygen atoms in total. The van der Waals surface area contributed by atoms with Gasteiger partial charge in [0.25, 0.3) is 0 Å². The molecule has 0 spiro atoms. The summed E-state index contributed by atoms with van der Waals surface area (Å²) in [6.07, 6.45) is 12.5. The van der Waals surface area contributed by atoms with Crippen molar-refractivity contribution in [1.82, 2.24) is 0 Å². The number of benzene rings is 1. The van der Waals surface area contributed by atoms with E-state index in [1.807, 2.05) is 6.07 Å². The topological polar surface area (TPSA) is 0 Å². The molecule has 0 radical (unpaired) electrons. The Morgan fingerprint density at radius 2 is 1.53 bits per heavy atom. The van der Waals surface area contributed by atoms with Crippen molar-refractivity contribution in [2.45, 2.75) is 63.2 Å². The lowest BCUT2D eigenvalue weighted by Gasteiger charge is -2.43. The summed E-state index contributed by atoms with van der Waals surface area (Å²) in [6, 6.07) is 6.37. The Balaban J connectivity index is 1.99. The number of rotatable bonds is 2. The van der Waals surface area contributed by atoms with Crippen LogP contribution in [0.2, 0.25) is 10.0 Å².